The van der Waals surface area contributed by atoms with Crippen LogP contribution < -0.4 is 10.5 Å². The van der Waals surface area contributed by atoms with Crippen LogP contribution in [0.15, 0.2) is 34.8 Å². The molecule has 1 aromatic heterocycles. The summed E-state index contributed by atoms with van der Waals surface area (Å²) in [4.78, 5) is 8.35. The van der Waals surface area contributed by atoms with Crippen molar-refractivity contribution in [3.8, 4) is 5.75 Å². The lowest BCUT2D eigenvalue weighted by Gasteiger charge is -2.07. The number of nitrogens with zero attached hydrogens (tertiary/aromatic N) is 2. The fourth-order valence-electron chi connectivity index (χ4n) is 1.42. The van der Waals surface area contributed by atoms with E-state index in [0.717, 1.165) is 15.9 Å². The maximum Gasteiger partial charge on any atom is 0.168 e. The van der Waals surface area contributed by atoms with Crippen molar-refractivity contribution in [3.63, 3.8) is 0 Å². The number of hydrogen-bond acceptors (Lipinski definition) is 4. The molecule has 0 saturated heterocycles. The van der Waals surface area contributed by atoms with Gasteiger partial charge in [-0.2, -0.15) is 0 Å². The third-order valence-corrected chi connectivity index (χ3v) is 2.77. The molecular weight excluding hydrogens is 318 g/mol. The van der Waals surface area contributed by atoms with Crippen molar-refractivity contribution in [1.29, 1.82) is 0 Å². The number of aryl methyl sites for hydroxylation is 1. The van der Waals surface area contributed by atoms with Crippen molar-refractivity contribution in [2.24, 2.45) is 0 Å². The number of aromatic nitrogens is 2. The summed E-state index contributed by atoms with van der Waals surface area (Å²) in [5.41, 5.74) is 6.48. The molecule has 4 nitrogen and oxygen atoms in total. The van der Waals surface area contributed by atoms with Gasteiger partial charge < -0.3 is 10.5 Å². The van der Waals surface area contributed by atoms with Gasteiger partial charge in [-0.15, -0.1) is 12.4 Å². The van der Waals surface area contributed by atoms with Crippen LogP contribution in [0.25, 0.3) is 0 Å². The molecule has 0 saturated carbocycles. The van der Waals surface area contributed by atoms with Crippen LogP contribution in [0.1, 0.15) is 11.5 Å². The number of rotatable bonds is 3. The van der Waals surface area contributed by atoms with E-state index in [9.17, 15) is 0 Å². The van der Waals surface area contributed by atoms with Gasteiger partial charge in [0, 0.05) is 11.8 Å². The molecule has 0 radical (unpaired) electrons. The number of para-hydroxylation sites is 1. The Labute approximate surface area is 120 Å². The largest absolute Gasteiger partial charge is 0.484 e. The van der Waals surface area contributed by atoms with Crippen molar-refractivity contribution < 1.29 is 4.74 Å². The molecule has 18 heavy (non-hydrogen) atoms. The molecule has 6 heteroatoms. The average Bonchev–Trinajstić information content (AvgIpc) is 2.27. The van der Waals surface area contributed by atoms with Crippen molar-refractivity contribution >= 4 is 34.2 Å². The summed E-state index contributed by atoms with van der Waals surface area (Å²) < 4.78 is 6.51. The highest BCUT2D eigenvalue weighted by atomic mass is 79.9. The zero-order chi connectivity index (χ0) is 12.3. The Morgan fingerprint density at radius 1 is 1.28 bits per heavy atom. The van der Waals surface area contributed by atoms with Crippen molar-refractivity contribution in [2.45, 2.75) is 13.5 Å². The summed E-state index contributed by atoms with van der Waals surface area (Å²) >= 11 is 3.41. The standard InChI is InChI=1S/C12H12BrN3O.ClH/c1-8-6-11(14)16-12(15-8)7-17-10-5-3-2-4-9(10)13;/h2-6H,7H2,1H3,(H2,14,15,16);1H. The number of halogens is 2. The molecule has 0 atom stereocenters. The Balaban J connectivity index is 0.00000162. The highest BCUT2D eigenvalue weighted by Gasteiger charge is 2.03. The first-order valence-corrected chi connectivity index (χ1v) is 5.92. The summed E-state index contributed by atoms with van der Waals surface area (Å²) in [7, 11) is 0. The molecule has 96 valence electrons. The van der Waals surface area contributed by atoms with Crippen LogP contribution in [-0.4, -0.2) is 9.97 Å². The maximum absolute atomic E-state index is 5.64. The summed E-state index contributed by atoms with van der Waals surface area (Å²) in [6.07, 6.45) is 0. The predicted octanol–water partition coefficient (Wildman–Crippen LogP) is 3.13. The van der Waals surface area contributed by atoms with Gasteiger partial charge in [0.05, 0.1) is 4.47 Å². The molecule has 0 aliphatic rings. The van der Waals surface area contributed by atoms with E-state index in [2.05, 4.69) is 25.9 Å². The third-order valence-electron chi connectivity index (χ3n) is 2.11. The van der Waals surface area contributed by atoms with Crippen molar-refractivity contribution in [3.05, 3.63) is 46.3 Å². The van der Waals surface area contributed by atoms with Gasteiger partial charge in [-0.05, 0) is 35.0 Å². The predicted molar refractivity (Wildman–Crippen MR) is 76.9 cm³/mol. The second-order valence-electron chi connectivity index (χ2n) is 3.57. The van der Waals surface area contributed by atoms with Crippen LogP contribution in [0.2, 0.25) is 0 Å². The number of hydrogen-bond donors (Lipinski definition) is 1. The lowest BCUT2D eigenvalue weighted by atomic mass is 10.3. The number of nitrogens with two attached hydrogens (primary N) is 1. The van der Waals surface area contributed by atoms with Gasteiger partial charge in [-0.3, -0.25) is 0 Å². The highest BCUT2D eigenvalue weighted by Crippen LogP contribution is 2.24. The van der Waals surface area contributed by atoms with E-state index >= 15 is 0 Å². The topological polar surface area (TPSA) is 61.0 Å². The van der Waals surface area contributed by atoms with E-state index in [4.69, 9.17) is 10.5 Å². The summed E-state index contributed by atoms with van der Waals surface area (Å²) in [6, 6.07) is 9.36. The highest BCUT2D eigenvalue weighted by molar-refractivity contribution is 9.10. The smallest absolute Gasteiger partial charge is 0.168 e. The maximum atomic E-state index is 5.64. The van der Waals surface area contributed by atoms with E-state index in [1.54, 1.807) is 6.07 Å². The molecule has 0 aliphatic heterocycles. The summed E-state index contributed by atoms with van der Waals surface area (Å²) in [6.45, 7) is 2.18. The Morgan fingerprint density at radius 3 is 2.67 bits per heavy atom. The minimum atomic E-state index is 0. The van der Waals surface area contributed by atoms with E-state index < -0.39 is 0 Å². The van der Waals surface area contributed by atoms with Crippen LogP contribution in [0.5, 0.6) is 5.75 Å². The Kier molecular flexibility index (Phi) is 5.37. The molecule has 1 heterocycles. The molecular formula is C12H13BrClN3O. The molecule has 2 rings (SSSR count). The van der Waals surface area contributed by atoms with Crippen LogP contribution in [0.3, 0.4) is 0 Å². The summed E-state index contributed by atoms with van der Waals surface area (Å²) in [5, 5.41) is 0. The fourth-order valence-corrected chi connectivity index (χ4v) is 1.82. The third kappa shape index (κ3) is 3.85. The van der Waals surface area contributed by atoms with E-state index in [0.29, 0.717) is 18.2 Å². The molecule has 0 unspecified atom stereocenters. The number of benzene rings is 1. The zero-order valence-electron chi connectivity index (χ0n) is 9.76. The van der Waals surface area contributed by atoms with Gasteiger partial charge in [0.2, 0.25) is 0 Å². The van der Waals surface area contributed by atoms with E-state index in [1.807, 2.05) is 31.2 Å². The van der Waals surface area contributed by atoms with Crippen LogP contribution in [0, 0.1) is 6.92 Å². The Bertz CT molecular complexity index is 516. The average molecular weight is 331 g/mol. The van der Waals surface area contributed by atoms with Crippen LogP contribution >= 0.6 is 28.3 Å². The first kappa shape index (κ1) is 14.7. The second-order valence-corrected chi connectivity index (χ2v) is 4.42. The number of anilines is 1. The van der Waals surface area contributed by atoms with Crippen LogP contribution in [-0.2, 0) is 6.61 Å². The van der Waals surface area contributed by atoms with E-state index in [-0.39, 0.29) is 12.4 Å². The molecule has 2 aromatic rings. The molecule has 0 bridgehead atoms. The van der Waals surface area contributed by atoms with Crippen molar-refractivity contribution in [1.82, 2.24) is 9.97 Å². The van der Waals surface area contributed by atoms with Gasteiger partial charge in [-0.25, -0.2) is 9.97 Å². The second kappa shape index (κ2) is 6.56. The normalized spacial score (nSPS) is 9.67. The molecule has 1 aromatic carbocycles. The number of nitrogen functional groups attached to an aromatic ring is 1. The minimum Gasteiger partial charge on any atom is -0.484 e. The first-order valence-electron chi connectivity index (χ1n) is 5.12. The molecule has 0 fully saturated rings. The van der Waals surface area contributed by atoms with Gasteiger partial charge in [0.1, 0.15) is 18.2 Å². The van der Waals surface area contributed by atoms with Crippen molar-refractivity contribution in [2.75, 3.05) is 5.73 Å². The van der Waals surface area contributed by atoms with Gasteiger partial charge >= 0.3 is 0 Å². The SMILES string of the molecule is Cc1cc(N)nc(COc2ccccc2Br)n1.Cl. The minimum absolute atomic E-state index is 0. The number of ether oxygens (including phenoxy) is 1. The fraction of sp³-hybridized carbons (Fsp3) is 0.167. The van der Waals surface area contributed by atoms with Gasteiger partial charge in [-0.1, -0.05) is 12.1 Å². The summed E-state index contributed by atoms with van der Waals surface area (Å²) in [5.74, 6) is 1.80. The Hall–Kier alpha value is -1.33. The molecule has 0 amide bonds. The zero-order valence-corrected chi connectivity index (χ0v) is 12.2. The van der Waals surface area contributed by atoms with Crippen LogP contribution in [0.4, 0.5) is 5.82 Å². The first-order chi connectivity index (χ1) is 8.15. The lowest BCUT2D eigenvalue weighted by Crippen LogP contribution is -2.05. The quantitative estimate of drug-likeness (QED) is 0.939. The van der Waals surface area contributed by atoms with Gasteiger partial charge in [0.15, 0.2) is 5.82 Å². The molecule has 0 spiro atoms. The molecule has 2 N–H and O–H groups in total. The lowest BCUT2D eigenvalue weighted by molar-refractivity contribution is 0.294. The molecule has 0 aliphatic carbocycles. The monoisotopic (exact) mass is 329 g/mol. The van der Waals surface area contributed by atoms with Gasteiger partial charge in [0.25, 0.3) is 0 Å². The van der Waals surface area contributed by atoms with E-state index in [1.165, 1.54) is 0 Å². The Morgan fingerprint density at radius 2 is 2.00 bits per heavy atom.